The van der Waals surface area contributed by atoms with Gasteiger partial charge < -0.3 is 4.74 Å². The first-order chi connectivity index (χ1) is 15.0. The highest BCUT2D eigenvalue weighted by molar-refractivity contribution is 14.1. The number of fused-ring (bicyclic) bond motifs is 3. The highest BCUT2D eigenvalue weighted by Gasteiger charge is 2.23. The fourth-order valence-corrected chi connectivity index (χ4v) is 9.79. The lowest BCUT2D eigenvalue weighted by Gasteiger charge is -2.09. The number of carbonyl (C=O) groups is 1. The van der Waals surface area contributed by atoms with Gasteiger partial charge in [-0.3, -0.25) is 0 Å². The molecule has 0 fully saturated rings. The molecule has 1 aromatic heterocycles. The van der Waals surface area contributed by atoms with Crippen molar-refractivity contribution in [3.05, 3.63) is 101 Å². The minimum absolute atomic E-state index is 0.165. The van der Waals surface area contributed by atoms with Crippen LogP contribution in [0.4, 0.5) is 0 Å². The average molecular weight is 759 g/mol. The van der Waals surface area contributed by atoms with Crippen molar-refractivity contribution >= 4 is 104 Å². The third-order valence-corrected chi connectivity index (χ3v) is 9.55. The largest absolute Gasteiger partial charge is 0.421 e. The van der Waals surface area contributed by atoms with Crippen LogP contribution in [-0.4, -0.2) is 5.97 Å². The molecule has 0 atom stereocenters. The van der Waals surface area contributed by atoms with Gasteiger partial charge in [-0.25, -0.2) is 4.79 Å². The molecule has 0 N–H and O–H groups in total. The predicted molar refractivity (Wildman–Crippen MR) is 155 cm³/mol. The molecule has 152 valence electrons. The smallest absolute Gasteiger partial charge is 0.343 e. The van der Waals surface area contributed by atoms with Gasteiger partial charge in [-0.05, 0) is 128 Å². The van der Waals surface area contributed by atoms with Crippen LogP contribution >= 0.6 is 78.2 Å². The van der Waals surface area contributed by atoms with E-state index in [1.165, 1.54) is 25.1 Å². The van der Waals surface area contributed by atoms with E-state index in [4.69, 9.17) is 4.74 Å². The van der Waals surface area contributed by atoms with Gasteiger partial charge in [-0.15, -0.1) is 0 Å². The molecule has 6 heteroatoms. The van der Waals surface area contributed by atoms with Gasteiger partial charge in [0.05, 0.1) is 12.7 Å². The molecule has 4 aromatic carbocycles. The molecule has 0 unspecified atom stereocenters. The highest BCUT2D eigenvalue weighted by atomic mass is 127. The summed E-state index contributed by atoms with van der Waals surface area (Å²) >= 11 is 6.69. The quantitative estimate of drug-likeness (QED) is 0.0797. The summed E-state index contributed by atoms with van der Waals surface area (Å²) < 4.78 is 11.4. The molecular weight excluding hydrogens is 745 g/mol. The summed E-state index contributed by atoms with van der Waals surface area (Å²) in [5, 5.41) is 2.60. The number of halogens is 3. The standard InChI is InChI=1S/C25H14I3O2S/c26-16-13-20(27)24(21(28)14-16)30-25(29)15-9-11-17(12-10-15)31-22-7-3-1-5-18(22)19-6-2-4-8-23(19)31/h1-14H/q+1. The third-order valence-electron chi connectivity index (χ3n) is 4.99. The van der Waals surface area contributed by atoms with E-state index >= 15 is 0 Å². The first-order valence-electron chi connectivity index (χ1n) is 9.42. The van der Waals surface area contributed by atoms with Crippen LogP contribution < -0.4 is 4.74 Å². The van der Waals surface area contributed by atoms with Crippen LogP contribution in [0.15, 0.2) is 84.9 Å². The van der Waals surface area contributed by atoms with Gasteiger partial charge in [0.25, 0.3) is 0 Å². The van der Waals surface area contributed by atoms with E-state index < -0.39 is 0 Å². The van der Waals surface area contributed by atoms with Gasteiger partial charge >= 0.3 is 5.97 Å². The zero-order chi connectivity index (χ0) is 21.5. The topological polar surface area (TPSA) is 26.3 Å². The summed E-state index contributed by atoms with van der Waals surface area (Å²) in [6.07, 6.45) is 0. The van der Waals surface area contributed by atoms with Gasteiger partial charge in [-0.1, -0.05) is 24.3 Å². The van der Waals surface area contributed by atoms with Gasteiger partial charge in [0.2, 0.25) is 0 Å². The summed E-state index contributed by atoms with van der Waals surface area (Å²) in [5.74, 6) is 0.287. The summed E-state index contributed by atoms with van der Waals surface area (Å²) in [4.78, 5) is 14.0. The van der Waals surface area contributed by atoms with E-state index in [9.17, 15) is 4.79 Å². The lowest BCUT2D eigenvalue weighted by atomic mass is 10.2. The monoisotopic (exact) mass is 759 g/mol. The van der Waals surface area contributed by atoms with E-state index in [1.807, 2.05) is 24.3 Å². The first kappa shape index (κ1) is 21.6. The Hall–Kier alpha value is -1.24. The first-order valence-corrected chi connectivity index (χ1v) is 13.9. The molecule has 31 heavy (non-hydrogen) atoms. The summed E-state index contributed by atoms with van der Waals surface area (Å²) in [6, 6.07) is 29.1. The molecule has 5 rings (SSSR count). The molecule has 0 aliphatic heterocycles. The van der Waals surface area contributed by atoms with Crippen LogP contribution in [0.5, 0.6) is 5.75 Å². The minimum Gasteiger partial charge on any atom is -0.421 e. The van der Waals surface area contributed by atoms with E-state index in [1.54, 1.807) is 0 Å². The number of thiophene rings is 1. The molecule has 0 saturated carbocycles. The van der Waals surface area contributed by atoms with Crippen molar-refractivity contribution in [1.82, 2.24) is 0 Å². The Bertz CT molecular complexity index is 1380. The zero-order valence-electron chi connectivity index (χ0n) is 15.9. The maximum atomic E-state index is 12.8. The maximum Gasteiger partial charge on any atom is 0.343 e. The number of rotatable bonds is 3. The van der Waals surface area contributed by atoms with E-state index in [0.717, 1.165) is 10.7 Å². The van der Waals surface area contributed by atoms with Crippen molar-refractivity contribution in [2.75, 3.05) is 0 Å². The van der Waals surface area contributed by atoms with Crippen molar-refractivity contribution in [2.24, 2.45) is 0 Å². The molecule has 0 aliphatic carbocycles. The van der Waals surface area contributed by atoms with Crippen LogP contribution in [-0.2, 0) is 0 Å². The molecule has 0 radical (unpaired) electrons. The van der Waals surface area contributed by atoms with Crippen LogP contribution in [0.3, 0.4) is 0 Å². The summed E-state index contributed by atoms with van der Waals surface area (Å²) in [5.41, 5.74) is 0.554. The van der Waals surface area contributed by atoms with Crippen molar-refractivity contribution in [3.8, 4) is 10.6 Å². The Morgan fingerprint density at radius 2 is 1.23 bits per heavy atom. The van der Waals surface area contributed by atoms with E-state index in [-0.39, 0.29) is 16.4 Å². The van der Waals surface area contributed by atoms with Gasteiger partial charge in [0, 0.05) is 24.8 Å². The van der Waals surface area contributed by atoms with Gasteiger partial charge in [0.1, 0.15) is 0 Å². The molecular formula is C25H14I3O2S+. The number of ether oxygens (including phenoxy) is 1. The summed E-state index contributed by atoms with van der Waals surface area (Å²) in [6.45, 7) is 0. The van der Waals surface area contributed by atoms with Crippen molar-refractivity contribution < 1.29 is 9.53 Å². The van der Waals surface area contributed by atoms with E-state index in [2.05, 4.69) is 128 Å². The van der Waals surface area contributed by atoms with Crippen molar-refractivity contribution in [3.63, 3.8) is 0 Å². The fraction of sp³-hybridized carbons (Fsp3) is 0. The van der Waals surface area contributed by atoms with Crippen LogP contribution in [0, 0.1) is 10.7 Å². The Kier molecular flexibility index (Phi) is 6.24. The molecule has 5 aromatic rings. The average Bonchev–Trinajstić information content (AvgIpc) is 3.11. The predicted octanol–water partition coefficient (Wildman–Crippen LogP) is 8.76. The van der Waals surface area contributed by atoms with Gasteiger partial charge in [-0.2, -0.15) is 0 Å². The van der Waals surface area contributed by atoms with E-state index in [0.29, 0.717) is 11.3 Å². The molecule has 1 heterocycles. The molecule has 0 amide bonds. The van der Waals surface area contributed by atoms with Crippen LogP contribution in [0.2, 0.25) is 0 Å². The van der Waals surface area contributed by atoms with Crippen molar-refractivity contribution in [1.29, 1.82) is 0 Å². The third kappa shape index (κ3) is 4.11. The van der Waals surface area contributed by atoms with Crippen LogP contribution in [0.1, 0.15) is 10.4 Å². The molecule has 0 aliphatic rings. The summed E-state index contributed by atoms with van der Waals surface area (Å²) in [7, 11) is -0.165. The fourth-order valence-electron chi connectivity index (χ4n) is 3.61. The number of carbonyl (C=O) groups excluding carboxylic acids is 1. The molecule has 0 bridgehead atoms. The Labute approximate surface area is 223 Å². The normalized spacial score (nSPS) is 11.2. The SMILES string of the molecule is O=C(Oc1c(I)cc(I)cc1I)c1ccc(-[s+]2c3ccccc3c3ccccc32)cc1. The highest BCUT2D eigenvalue weighted by Crippen LogP contribution is 2.48. The molecule has 2 nitrogen and oxygen atoms in total. The maximum absolute atomic E-state index is 12.8. The number of hydrogen-bond acceptors (Lipinski definition) is 2. The Morgan fingerprint density at radius 3 is 1.77 bits per heavy atom. The number of hydrogen-bond donors (Lipinski definition) is 0. The lowest BCUT2D eigenvalue weighted by molar-refractivity contribution is 0.0732. The second-order valence-corrected chi connectivity index (χ2v) is 12.4. The molecule has 0 saturated heterocycles. The van der Waals surface area contributed by atoms with Crippen LogP contribution in [0.25, 0.3) is 25.1 Å². The lowest BCUT2D eigenvalue weighted by Crippen LogP contribution is -2.10. The Balaban J connectivity index is 1.52. The zero-order valence-corrected chi connectivity index (χ0v) is 23.2. The molecule has 0 spiro atoms. The minimum atomic E-state index is -0.334. The Morgan fingerprint density at radius 1 is 0.710 bits per heavy atom. The van der Waals surface area contributed by atoms with Crippen molar-refractivity contribution in [2.45, 2.75) is 0 Å². The number of esters is 1. The second kappa shape index (κ2) is 8.95. The van der Waals surface area contributed by atoms with Gasteiger partial charge in [0.15, 0.2) is 20.0 Å². The number of benzene rings is 4. The second-order valence-electron chi connectivity index (χ2n) is 6.91.